The molecule has 228 valence electrons. The van der Waals surface area contributed by atoms with E-state index in [1.165, 1.54) is 41.7 Å². The SMILES string of the molecule is c1ccc(-c2cccc(-c3nc(-n4c5ccccc5c5c6ccccc6c6sc7ccccc7c6c54)nc4c3oc3ccccc34)c2)cc1. The van der Waals surface area contributed by atoms with E-state index in [1.807, 2.05) is 35.6 Å². The molecule has 0 saturated carbocycles. The summed E-state index contributed by atoms with van der Waals surface area (Å²) in [5.41, 5.74) is 8.51. The van der Waals surface area contributed by atoms with E-state index in [1.54, 1.807) is 0 Å². The Kier molecular flexibility index (Phi) is 5.51. The Hall–Kier alpha value is -6.30. The van der Waals surface area contributed by atoms with Crippen LogP contribution in [0.3, 0.4) is 0 Å². The normalized spacial score (nSPS) is 12.1. The molecule has 0 bridgehead atoms. The van der Waals surface area contributed by atoms with Gasteiger partial charge in [0.1, 0.15) is 16.8 Å². The Labute approximate surface area is 284 Å². The molecule has 7 aromatic carbocycles. The molecule has 0 atom stereocenters. The number of benzene rings is 7. The molecule has 11 aromatic rings. The number of hydrogen-bond acceptors (Lipinski definition) is 4. The fraction of sp³-hybridized carbons (Fsp3) is 0. The lowest BCUT2D eigenvalue weighted by Gasteiger charge is -2.12. The summed E-state index contributed by atoms with van der Waals surface area (Å²) >= 11 is 1.86. The summed E-state index contributed by atoms with van der Waals surface area (Å²) in [7, 11) is 0. The van der Waals surface area contributed by atoms with E-state index >= 15 is 0 Å². The second-order valence-corrected chi connectivity index (χ2v) is 13.6. The Morgan fingerprint density at radius 1 is 0.510 bits per heavy atom. The maximum absolute atomic E-state index is 6.57. The smallest absolute Gasteiger partial charge is 0.236 e. The van der Waals surface area contributed by atoms with Crippen molar-refractivity contribution >= 4 is 86.2 Å². The Morgan fingerprint density at radius 2 is 1.18 bits per heavy atom. The standard InChI is InChI=1S/C44H25N3OS/c1-2-13-26(14-3-1)27-15-12-16-28(25-27)39-42-40(32-20-7-10-23-35(32)48-42)46-44(45-39)47-34-22-9-6-19-31(34)37-29-17-4-5-18-30(29)43-38(41(37)47)33-21-8-11-24-36(33)49-43/h1-25H. The van der Waals surface area contributed by atoms with Gasteiger partial charge >= 0.3 is 0 Å². The van der Waals surface area contributed by atoms with Crippen LogP contribution in [0.25, 0.3) is 103 Å². The van der Waals surface area contributed by atoms with Crippen LogP contribution in [-0.4, -0.2) is 14.5 Å². The van der Waals surface area contributed by atoms with E-state index in [9.17, 15) is 0 Å². The van der Waals surface area contributed by atoms with Crippen molar-refractivity contribution in [3.05, 3.63) is 152 Å². The summed E-state index contributed by atoms with van der Waals surface area (Å²) in [6, 6.07) is 53.4. The van der Waals surface area contributed by atoms with Crippen LogP contribution in [0.15, 0.2) is 156 Å². The second-order valence-electron chi connectivity index (χ2n) is 12.5. The molecule has 5 heteroatoms. The van der Waals surface area contributed by atoms with Crippen LogP contribution < -0.4 is 0 Å². The average molecular weight is 644 g/mol. The average Bonchev–Trinajstić information content (AvgIpc) is 3.85. The van der Waals surface area contributed by atoms with Crippen LogP contribution >= 0.6 is 11.3 Å². The summed E-state index contributed by atoms with van der Waals surface area (Å²) in [6.45, 7) is 0. The number of aromatic nitrogens is 3. The third-order valence-electron chi connectivity index (χ3n) is 9.80. The zero-order valence-electron chi connectivity index (χ0n) is 26.1. The van der Waals surface area contributed by atoms with Crippen molar-refractivity contribution in [1.29, 1.82) is 0 Å². The number of thiophene rings is 1. The van der Waals surface area contributed by atoms with Gasteiger partial charge in [0, 0.05) is 47.3 Å². The van der Waals surface area contributed by atoms with E-state index < -0.39 is 0 Å². The first-order valence-electron chi connectivity index (χ1n) is 16.4. The third-order valence-corrected chi connectivity index (χ3v) is 11.0. The Morgan fingerprint density at radius 3 is 2.06 bits per heavy atom. The zero-order valence-corrected chi connectivity index (χ0v) is 26.9. The molecule has 0 unspecified atom stereocenters. The fourth-order valence-corrected chi connectivity index (χ4v) is 8.92. The van der Waals surface area contributed by atoms with Crippen LogP contribution in [0.4, 0.5) is 0 Å². The summed E-state index contributed by atoms with van der Waals surface area (Å²) < 4.78 is 11.4. The largest absolute Gasteiger partial charge is 0.452 e. The highest BCUT2D eigenvalue weighted by Crippen LogP contribution is 2.48. The van der Waals surface area contributed by atoms with Crippen LogP contribution in [-0.2, 0) is 0 Å². The molecular formula is C44H25N3OS. The lowest BCUT2D eigenvalue weighted by Crippen LogP contribution is -2.03. The Bertz CT molecular complexity index is 3110. The number of nitrogens with zero attached hydrogens (tertiary/aromatic N) is 3. The molecule has 0 spiro atoms. The van der Waals surface area contributed by atoms with E-state index in [4.69, 9.17) is 14.4 Å². The molecule has 0 radical (unpaired) electrons. The van der Waals surface area contributed by atoms with E-state index in [0.717, 1.165) is 49.9 Å². The van der Waals surface area contributed by atoms with Crippen LogP contribution in [0.1, 0.15) is 0 Å². The van der Waals surface area contributed by atoms with Gasteiger partial charge < -0.3 is 4.42 Å². The van der Waals surface area contributed by atoms with Crippen molar-refractivity contribution in [2.45, 2.75) is 0 Å². The maximum Gasteiger partial charge on any atom is 0.236 e. The van der Waals surface area contributed by atoms with Gasteiger partial charge in [-0.1, -0.05) is 121 Å². The molecule has 0 amide bonds. The van der Waals surface area contributed by atoms with Gasteiger partial charge in [-0.25, -0.2) is 9.97 Å². The van der Waals surface area contributed by atoms with Gasteiger partial charge in [-0.3, -0.25) is 4.57 Å². The van der Waals surface area contributed by atoms with Gasteiger partial charge in [-0.15, -0.1) is 11.3 Å². The van der Waals surface area contributed by atoms with Crippen molar-refractivity contribution < 1.29 is 4.42 Å². The van der Waals surface area contributed by atoms with Crippen LogP contribution in [0, 0.1) is 0 Å². The number of furan rings is 1. The summed E-state index contributed by atoms with van der Waals surface area (Å²) in [6.07, 6.45) is 0. The van der Waals surface area contributed by atoms with Gasteiger partial charge in [0.25, 0.3) is 0 Å². The van der Waals surface area contributed by atoms with Gasteiger partial charge in [-0.05, 0) is 46.8 Å². The van der Waals surface area contributed by atoms with E-state index in [0.29, 0.717) is 11.5 Å². The first-order valence-corrected chi connectivity index (χ1v) is 17.2. The predicted molar refractivity (Wildman–Crippen MR) is 205 cm³/mol. The quantitative estimate of drug-likeness (QED) is 0.192. The molecule has 4 heterocycles. The summed E-state index contributed by atoms with van der Waals surface area (Å²) in [5.74, 6) is 0.622. The van der Waals surface area contributed by atoms with Crippen molar-refractivity contribution in [3.8, 4) is 28.3 Å². The highest BCUT2D eigenvalue weighted by molar-refractivity contribution is 7.27. The van der Waals surface area contributed by atoms with Crippen molar-refractivity contribution in [2.24, 2.45) is 0 Å². The van der Waals surface area contributed by atoms with Gasteiger partial charge in [-0.2, -0.15) is 0 Å². The Balaban J connectivity index is 1.33. The van der Waals surface area contributed by atoms with Gasteiger partial charge in [0.15, 0.2) is 5.58 Å². The minimum absolute atomic E-state index is 0.622. The van der Waals surface area contributed by atoms with Gasteiger partial charge in [0.2, 0.25) is 5.95 Å². The van der Waals surface area contributed by atoms with E-state index in [2.05, 4.69) is 132 Å². The molecule has 0 N–H and O–H groups in total. The topological polar surface area (TPSA) is 43.9 Å². The summed E-state index contributed by atoms with van der Waals surface area (Å²) in [5, 5.41) is 8.35. The lowest BCUT2D eigenvalue weighted by atomic mass is 10.00. The monoisotopic (exact) mass is 643 g/mol. The highest BCUT2D eigenvalue weighted by Gasteiger charge is 2.25. The van der Waals surface area contributed by atoms with Crippen molar-refractivity contribution in [1.82, 2.24) is 14.5 Å². The molecule has 0 aliphatic heterocycles. The number of rotatable bonds is 3. The zero-order chi connectivity index (χ0) is 32.1. The highest BCUT2D eigenvalue weighted by atomic mass is 32.1. The molecule has 49 heavy (non-hydrogen) atoms. The third kappa shape index (κ3) is 3.79. The number of hydrogen-bond donors (Lipinski definition) is 0. The minimum Gasteiger partial charge on any atom is -0.452 e. The van der Waals surface area contributed by atoms with E-state index in [-0.39, 0.29) is 0 Å². The van der Waals surface area contributed by atoms with Gasteiger partial charge in [0.05, 0.1) is 11.0 Å². The summed E-state index contributed by atoms with van der Waals surface area (Å²) in [4.78, 5) is 10.8. The van der Waals surface area contributed by atoms with Crippen LogP contribution in [0.2, 0.25) is 0 Å². The predicted octanol–water partition coefficient (Wildman–Crippen LogP) is 12.3. The van der Waals surface area contributed by atoms with Crippen LogP contribution in [0.5, 0.6) is 0 Å². The first kappa shape index (κ1) is 26.7. The molecular weight excluding hydrogens is 619 g/mol. The first-order chi connectivity index (χ1) is 24.3. The van der Waals surface area contributed by atoms with Crippen molar-refractivity contribution in [2.75, 3.05) is 0 Å². The maximum atomic E-state index is 6.57. The molecule has 4 nitrogen and oxygen atoms in total. The molecule has 4 aromatic heterocycles. The second kappa shape index (κ2) is 10.1. The molecule has 11 rings (SSSR count). The molecule has 0 aliphatic carbocycles. The number of para-hydroxylation sites is 2. The minimum atomic E-state index is 0.622. The molecule has 0 fully saturated rings. The fourth-order valence-electron chi connectivity index (χ4n) is 7.68. The van der Waals surface area contributed by atoms with Crippen molar-refractivity contribution in [3.63, 3.8) is 0 Å². The molecule has 0 saturated heterocycles. The number of fused-ring (bicyclic) bond motifs is 13. The molecule has 0 aliphatic rings. The lowest BCUT2D eigenvalue weighted by molar-refractivity contribution is 0.666.